The molecule has 1 aliphatic rings. The first-order valence-electron chi connectivity index (χ1n) is 7.67. The first-order chi connectivity index (χ1) is 9.61. The fourth-order valence-electron chi connectivity index (χ4n) is 3.07. The van der Waals surface area contributed by atoms with Crippen LogP contribution in [0.5, 0.6) is 0 Å². The molecule has 1 aromatic rings. The van der Waals surface area contributed by atoms with Crippen LogP contribution in [0.1, 0.15) is 47.2 Å². The number of rotatable bonds is 4. The topological polar surface area (TPSA) is 55.1 Å². The number of carbonyl (C=O) groups excluding carboxylic acids is 1. The summed E-state index contributed by atoms with van der Waals surface area (Å²) in [5.74, 6) is 1.16. The van der Waals surface area contributed by atoms with Gasteiger partial charge in [0.05, 0.1) is 0 Å². The van der Waals surface area contributed by atoms with Crippen LogP contribution in [0.25, 0.3) is 0 Å². The van der Waals surface area contributed by atoms with Gasteiger partial charge in [0.1, 0.15) is 0 Å². The number of nitrogens with one attached hydrogen (secondary N) is 1. The third-order valence-electron chi connectivity index (χ3n) is 4.66. The zero-order valence-corrected chi connectivity index (χ0v) is 12.6. The molecule has 0 bridgehead atoms. The minimum atomic E-state index is 0.0365. The fraction of sp³-hybridized carbons (Fsp3) is 0.588. The molecule has 0 aliphatic heterocycles. The Balaban J connectivity index is 1.92. The first kappa shape index (κ1) is 15.0. The number of nitrogens with two attached hydrogens (primary N) is 1. The van der Waals surface area contributed by atoms with E-state index < -0.39 is 0 Å². The smallest absolute Gasteiger partial charge is 0.251 e. The summed E-state index contributed by atoms with van der Waals surface area (Å²) in [5, 5.41) is 3.09. The molecule has 2 unspecified atom stereocenters. The molecule has 20 heavy (non-hydrogen) atoms. The lowest BCUT2D eigenvalue weighted by Gasteiger charge is -2.30. The van der Waals surface area contributed by atoms with Crippen molar-refractivity contribution in [2.75, 3.05) is 13.1 Å². The standard InChI is InChI=1S/C17H26N2O/c1-12-7-8-14(9-13(12)2)17(20)19-11-16-6-4-3-5-15(16)10-18/h7-9,15-16H,3-6,10-11,18H2,1-2H3,(H,19,20). The van der Waals surface area contributed by atoms with E-state index in [9.17, 15) is 4.79 Å². The molecular weight excluding hydrogens is 248 g/mol. The molecular formula is C17H26N2O. The highest BCUT2D eigenvalue weighted by atomic mass is 16.1. The molecule has 0 saturated heterocycles. The molecule has 0 aromatic heterocycles. The molecule has 1 aliphatic carbocycles. The number of hydrogen-bond acceptors (Lipinski definition) is 2. The second kappa shape index (κ2) is 6.89. The van der Waals surface area contributed by atoms with Crippen LogP contribution in [-0.2, 0) is 0 Å². The Morgan fingerprint density at radius 1 is 1.20 bits per heavy atom. The van der Waals surface area contributed by atoms with Gasteiger partial charge in [0.25, 0.3) is 5.91 Å². The lowest BCUT2D eigenvalue weighted by molar-refractivity contribution is 0.0935. The van der Waals surface area contributed by atoms with Gasteiger partial charge < -0.3 is 11.1 Å². The Kier molecular flexibility index (Phi) is 5.18. The van der Waals surface area contributed by atoms with E-state index in [2.05, 4.69) is 12.2 Å². The molecule has 0 radical (unpaired) electrons. The molecule has 110 valence electrons. The molecule has 3 nitrogen and oxygen atoms in total. The van der Waals surface area contributed by atoms with E-state index in [0.717, 1.165) is 24.2 Å². The van der Waals surface area contributed by atoms with Gasteiger partial charge in [-0.2, -0.15) is 0 Å². The van der Waals surface area contributed by atoms with Crippen molar-refractivity contribution in [1.82, 2.24) is 5.32 Å². The van der Waals surface area contributed by atoms with Gasteiger partial charge in [0, 0.05) is 12.1 Å². The minimum Gasteiger partial charge on any atom is -0.352 e. The number of carbonyl (C=O) groups is 1. The summed E-state index contributed by atoms with van der Waals surface area (Å²) in [7, 11) is 0. The van der Waals surface area contributed by atoms with E-state index in [1.807, 2.05) is 25.1 Å². The van der Waals surface area contributed by atoms with Gasteiger partial charge in [-0.05, 0) is 68.3 Å². The molecule has 1 fully saturated rings. The molecule has 3 N–H and O–H groups in total. The molecule has 3 heteroatoms. The third-order valence-corrected chi connectivity index (χ3v) is 4.66. The summed E-state index contributed by atoms with van der Waals surface area (Å²) in [4.78, 5) is 12.2. The van der Waals surface area contributed by atoms with Crippen molar-refractivity contribution in [2.45, 2.75) is 39.5 Å². The highest BCUT2D eigenvalue weighted by Gasteiger charge is 2.24. The van der Waals surface area contributed by atoms with Crippen molar-refractivity contribution in [3.63, 3.8) is 0 Å². The SMILES string of the molecule is Cc1ccc(C(=O)NCC2CCCCC2CN)cc1C. The van der Waals surface area contributed by atoms with Crippen molar-refractivity contribution in [3.05, 3.63) is 34.9 Å². The molecule has 2 rings (SSSR count). The van der Waals surface area contributed by atoms with Crippen LogP contribution in [0, 0.1) is 25.7 Å². The largest absolute Gasteiger partial charge is 0.352 e. The van der Waals surface area contributed by atoms with E-state index in [4.69, 9.17) is 5.73 Å². The van der Waals surface area contributed by atoms with Crippen molar-refractivity contribution >= 4 is 5.91 Å². The average molecular weight is 274 g/mol. The summed E-state index contributed by atoms with van der Waals surface area (Å²) < 4.78 is 0. The van der Waals surface area contributed by atoms with E-state index >= 15 is 0 Å². The summed E-state index contributed by atoms with van der Waals surface area (Å²) in [6.45, 7) is 5.60. The van der Waals surface area contributed by atoms with Crippen LogP contribution in [0.4, 0.5) is 0 Å². The normalized spacial score (nSPS) is 22.6. The average Bonchev–Trinajstić information content (AvgIpc) is 2.47. The second-order valence-electron chi connectivity index (χ2n) is 6.05. The second-order valence-corrected chi connectivity index (χ2v) is 6.05. The Morgan fingerprint density at radius 3 is 2.55 bits per heavy atom. The van der Waals surface area contributed by atoms with Crippen LogP contribution in [0.3, 0.4) is 0 Å². The number of hydrogen-bond donors (Lipinski definition) is 2. The summed E-state index contributed by atoms with van der Waals surface area (Å²) >= 11 is 0. The predicted molar refractivity (Wildman–Crippen MR) is 82.8 cm³/mol. The third kappa shape index (κ3) is 3.60. The van der Waals surface area contributed by atoms with Gasteiger partial charge in [-0.15, -0.1) is 0 Å². The maximum Gasteiger partial charge on any atom is 0.251 e. The number of aryl methyl sites for hydroxylation is 2. The summed E-state index contributed by atoms with van der Waals surface area (Å²) in [6.07, 6.45) is 4.94. The molecule has 2 atom stereocenters. The number of amides is 1. The molecule has 1 saturated carbocycles. The van der Waals surface area contributed by atoms with E-state index in [1.54, 1.807) is 0 Å². The van der Waals surface area contributed by atoms with Crippen LogP contribution in [-0.4, -0.2) is 19.0 Å². The highest BCUT2D eigenvalue weighted by molar-refractivity contribution is 5.94. The van der Waals surface area contributed by atoms with E-state index in [-0.39, 0.29) is 5.91 Å². The predicted octanol–water partition coefficient (Wildman–Crippen LogP) is 2.80. The minimum absolute atomic E-state index is 0.0365. The molecule has 1 aromatic carbocycles. The molecule has 0 heterocycles. The Bertz CT molecular complexity index is 470. The van der Waals surface area contributed by atoms with Gasteiger partial charge in [-0.25, -0.2) is 0 Å². The van der Waals surface area contributed by atoms with Crippen molar-refractivity contribution < 1.29 is 4.79 Å². The van der Waals surface area contributed by atoms with E-state index in [1.165, 1.54) is 31.2 Å². The summed E-state index contributed by atoms with van der Waals surface area (Å²) in [6, 6.07) is 5.87. The zero-order valence-electron chi connectivity index (χ0n) is 12.6. The first-order valence-corrected chi connectivity index (χ1v) is 7.67. The van der Waals surface area contributed by atoms with Crippen molar-refractivity contribution in [2.24, 2.45) is 17.6 Å². The van der Waals surface area contributed by atoms with Crippen LogP contribution in [0.2, 0.25) is 0 Å². The Hall–Kier alpha value is -1.35. The van der Waals surface area contributed by atoms with Crippen LogP contribution >= 0.6 is 0 Å². The quantitative estimate of drug-likeness (QED) is 0.887. The fourth-order valence-corrected chi connectivity index (χ4v) is 3.07. The van der Waals surface area contributed by atoms with Gasteiger partial charge >= 0.3 is 0 Å². The Labute approximate surface area is 121 Å². The van der Waals surface area contributed by atoms with E-state index in [0.29, 0.717) is 11.8 Å². The highest BCUT2D eigenvalue weighted by Crippen LogP contribution is 2.28. The van der Waals surface area contributed by atoms with Crippen molar-refractivity contribution in [1.29, 1.82) is 0 Å². The van der Waals surface area contributed by atoms with Gasteiger partial charge in [-0.3, -0.25) is 4.79 Å². The summed E-state index contributed by atoms with van der Waals surface area (Å²) in [5.41, 5.74) is 8.97. The van der Waals surface area contributed by atoms with Crippen molar-refractivity contribution in [3.8, 4) is 0 Å². The molecule has 0 spiro atoms. The Morgan fingerprint density at radius 2 is 1.90 bits per heavy atom. The maximum absolute atomic E-state index is 12.2. The van der Waals surface area contributed by atoms with Gasteiger partial charge in [0.15, 0.2) is 0 Å². The number of benzene rings is 1. The molecule has 1 amide bonds. The zero-order chi connectivity index (χ0) is 14.5. The lowest BCUT2D eigenvalue weighted by Crippen LogP contribution is -2.36. The maximum atomic E-state index is 12.2. The van der Waals surface area contributed by atoms with Crippen LogP contribution in [0.15, 0.2) is 18.2 Å². The van der Waals surface area contributed by atoms with Crippen LogP contribution < -0.4 is 11.1 Å². The lowest BCUT2D eigenvalue weighted by atomic mass is 9.79. The monoisotopic (exact) mass is 274 g/mol. The van der Waals surface area contributed by atoms with Gasteiger partial charge in [0.2, 0.25) is 0 Å². The van der Waals surface area contributed by atoms with Gasteiger partial charge in [-0.1, -0.05) is 18.9 Å².